The smallest absolute Gasteiger partial charge is 0.231 e. The Morgan fingerprint density at radius 1 is 1.10 bits per heavy atom. The number of rotatable bonds is 4. The van der Waals surface area contributed by atoms with E-state index >= 15 is 0 Å². The number of fused-ring (bicyclic) bond motifs is 1. The average molecular weight is 385 g/mol. The topological polar surface area (TPSA) is 68.8 Å². The fourth-order valence-electron chi connectivity index (χ4n) is 4.89. The van der Waals surface area contributed by atoms with Crippen molar-refractivity contribution in [2.24, 2.45) is 0 Å². The molecule has 0 amide bonds. The fourth-order valence-corrected chi connectivity index (χ4v) is 4.89. The molecule has 0 radical (unpaired) electrons. The van der Waals surface area contributed by atoms with Crippen molar-refractivity contribution in [2.75, 3.05) is 6.54 Å². The van der Waals surface area contributed by atoms with E-state index in [2.05, 4.69) is 50.4 Å². The van der Waals surface area contributed by atoms with Crippen molar-refractivity contribution in [3.63, 3.8) is 0 Å². The summed E-state index contributed by atoms with van der Waals surface area (Å²) in [5.41, 5.74) is 4.59. The number of nitrogens with zero attached hydrogens (tertiary/aromatic N) is 4. The van der Waals surface area contributed by atoms with E-state index in [1.54, 1.807) is 0 Å². The SMILES string of the molecule is c1ccc2c(c1)ncn2Cc1ccc(-c2noc(C3CCNC34CCC4)n2)cc1. The number of imidazole rings is 1. The van der Waals surface area contributed by atoms with Gasteiger partial charge >= 0.3 is 0 Å². The molecule has 1 saturated carbocycles. The zero-order chi connectivity index (χ0) is 19.3. The third-order valence-corrected chi connectivity index (χ3v) is 6.66. The van der Waals surface area contributed by atoms with E-state index in [0.29, 0.717) is 11.7 Å². The molecule has 2 aromatic carbocycles. The van der Waals surface area contributed by atoms with E-state index in [1.165, 1.54) is 24.8 Å². The van der Waals surface area contributed by atoms with Crippen molar-refractivity contribution < 1.29 is 4.52 Å². The maximum absolute atomic E-state index is 5.68. The number of aromatic nitrogens is 4. The van der Waals surface area contributed by atoms with Gasteiger partial charge in [-0.2, -0.15) is 4.98 Å². The quantitative estimate of drug-likeness (QED) is 0.572. The lowest BCUT2D eigenvalue weighted by molar-refractivity contribution is 0.168. The van der Waals surface area contributed by atoms with Crippen LogP contribution in [0.1, 0.15) is 43.1 Å². The Morgan fingerprint density at radius 3 is 2.79 bits per heavy atom. The predicted octanol–water partition coefficient (Wildman–Crippen LogP) is 4.13. The molecule has 0 bridgehead atoms. The second kappa shape index (κ2) is 6.52. The van der Waals surface area contributed by atoms with Gasteiger partial charge in [-0.05, 0) is 49.9 Å². The van der Waals surface area contributed by atoms with Gasteiger partial charge in [-0.3, -0.25) is 0 Å². The van der Waals surface area contributed by atoms with Gasteiger partial charge in [-0.25, -0.2) is 4.98 Å². The van der Waals surface area contributed by atoms with Gasteiger partial charge in [-0.15, -0.1) is 0 Å². The summed E-state index contributed by atoms with van der Waals surface area (Å²) in [5.74, 6) is 1.82. The third kappa shape index (κ3) is 2.78. The molecule has 3 heterocycles. The van der Waals surface area contributed by atoms with Crippen molar-refractivity contribution in [1.82, 2.24) is 25.0 Å². The van der Waals surface area contributed by atoms with Gasteiger partial charge in [0.05, 0.1) is 23.3 Å². The summed E-state index contributed by atoms with van der Waals surface area (Å²) in [6.07, 6.45) is 6.70. The third-order valence-electron chi connectivity index (χ3n) is 6.66. The zero-order valence-electron chi connectivity index (χ0n) is 16.2. The van der Waals surface area contributed by atoms with Crippen LogP contribution >= 0.6 is 0 Å². The molecule has 1 N–H and O–H groups in total. The molecule has 2 aromatic heterocycles. The molecule has 6 nitrogen and oxygen atoms in total. The van der Waals surface area contributed by atoms with Crippen molar-refractivity contribution in [3.05, 3.63) is 66.3 Å². The lowest BCUT2D eigenvalue weighted by Gasteiger charge is -2.42. The van der Waals surface area contributed by atoms with E-state index in [4.69, 9.17) is 9.51 Å². The fraction of sp³-hybridized carbons (Fsp3) is 0.348. The molecular weight excluding hydrogens is 362 g/mol. The first-order valence-corrected chi connectivity index (χ1v) is 10.4. The minimum Gasteiger partial charge on any atom is -0.339 e. The highest BCUT2D eigenvalue weighted by molar-refractivity contribution is 5.75. The van der Waals surface area contributed by atoms with E-state index in [1.807, 2.05) is 24.5 Å². The maximum Gasteiger partial charge on any atom is 0.231 e. The maximum atomic E-state index is 5.68. The molecule has 1 aliphatic carbocycles. The summed E-state index contributed by atoms with van der Waals surface area (Å²) in [6, 6.07) is 16.6. The van der Waals surface area contributed by atoms with Crippen LogP contribution in [0, 0.1) is 0 Å². The first-order chi connectivity index (χ1) is 14.3. The lowest BCUT2D eigenvalue weighted by atomic mass is 9.69. The van der Waals surface area contributed by atoms with E-state index in [-0.39, 0.29) is 5.54 Å². The summed E-state index contributed by atoms with van der Waals surface area (Å²) in [4.78, 5) is 9.22. The second-order valence-electron chi connectivity index (χ2n) is 8.29. The molecule has 29 heavy (non-hydrogen) atoms. The minimum atomic E-state index is 0.210. The van der Waals surface area contributed by atoms with E-state index in [9.17, 15) is 0 Å². The summed E-state index contributed by atoms with van der Waals surface area (Å²) in [7, 11) is 0. The molecule has 1 atom stereocenters. The lowest BCUT2D eigenvalue weighted by Crippen LogP contribution is -2.49. The van der Waals surface area contributed by atoms with Crippen molar-refractivity contribution in [2.45, 2.75) is 43.7 Å². The number of benzene rings is 2. The molecule has 2 aliphatic rings. The Kier molecular flexibility index (Phi) is 3.81. The number of nitrogens with one attached hydrogen (secondary N) is 1. The molecule has 146 valence electrons. The number of para-hydroxylation sites is 2. The Bertz CT molecular complexity index is 1160. The van der Waals surface area contributed by atoms with Crippen LogP contribution in [0.25, 0.3) is 22.4 Å². The predicted molar refractivity (Wildman–Crippen MR) is 111 cm³/mol. The van der Waals surface area contributed by atoms with Gasteiger partial charge in [0.2, 0.25) is 11.7 Å². The first kappa shape index (κ1) is 16.9. The van der Waals surface area contributed by atoms with Gasteiger partial charge in [0.1, 0.15) is 0 Å². The van der Waals surface area contributed by atoms with Gasteiger partial charge in [0.15, 0.2) is 0 Å². The molecule has 1 unspecified atom stereocenters. The summed E-state index contributed by atoms with van der Waals surface area (Å²) in [6.45, 7) is 1.83. The summed E-state index contributed by atoms with van der Waals surface area (Å²) >= 11 is 0. The van der Waals surface area contributed by atoms with Crippen molar-refractivity contribution in [3.8, 4) is 11.4 Å². The van der Waals surface area contributed by atoms with E-state index in [0.717, 1.165) is 42.0 Å². The molecule has 1 saturated heterocycles. The van der Waals surface area contributed by atoms with Crippen molar-refractivity contribution >= 4 is 11.0 Å². The Morgan fingerprint density at radius 2 is 1.97 bits per heavy atom. The molecule has 6 rings (SSSR count). The molecular formula is C23H23N5O. The van der Waals surface area contributed by atoms with E-state index < -0.39 is 0 Å². The molecule has 4 aromatic rings. The Labute approximate surface area is 169 Å². The van der Waals surface area contributed by atoms with Crippen LogP contribution in [0.5, 0.6) is 0 Å². The number of hydrogen-bond acceptors (Lipinski definition) is 5. The average Bonchev–Trinajstić information content (AvgIpc) is 3.46. The first-order valence-electron chi connectivity index (χ1n) is 10.4. The van der Waals surface area contributed by atoms with Crippen LogP contribution in [0.2, 0.25) is 0 Å². The normalized spacial score (nSPS) is 20.3. The molecule has 1 aliphatic heterocycles. The van der Waals surface area contributed by atoms with Crippen LogP contribution in [0.3, 0.4) is 0 Å². The molecule has 6 heteroatoms. The van der Waals surface area contributed by atoms with Crippen molar-refractivity contribution in [1.29, 1.82) is 0 Å². The highest BCUT2D eigenvalue weighted by atomic mass is 16.5. The zero-order valence-corrected chi connectivity index (χ0v) is 16.2. The van der Waals surface area contributed by atoms with Gasteiger partial charge in [0.25, 0.3) is 0 Å². The Balaban J connectivity index is 1.22. The standard InChI is InChI=1S/C23H23N5O/c1-2-5-20-19(4-1)24-15-28(20)14-16-6-8-17(9-7-16)21-26-22(29-27-21)18-10-13-25-23(18)11-3-12-23/h1-2,4-9,15,18,25H,3,10-14H2. The van der Waals surface area contributed by atoms with Crippen LogP contribution in [0.15, 0.2) is 59.4 Å². The largest absolute Gasteiger partial charge is 0.339 e. The van der Waals surface area contributed by atoms with Crippen LogP contribution in [-0.2, 0) is 6.54 Å². The second-order valence-corrected chi connectivity index (χ2v) is 8.29. The van der Waals surface area contributed by atoms with Crippen LogP contribution in [0.4, 0.5) is 0 Å². The molecule has 1 spiro atoms. The Hall–Kier alpha value is -2.99. The monoisotopic (exact) mass is 385 g/mol. The van der Waals surface area contributed by atoms with Crippen LogP contribution in [-0.4, -0.2) is 31.8 Å². The number of hydrogen-bond donors (Lipinski definition) is 1. The summed E-state index contributed by atoms with van der Waals surface area (Å²) in [5, 5.41) is 7.95. The van der Waals surface area contributed by atoms with Crippen LogP contribution < -0.4 is 5.32 Å². The van der Waals surface area contributed by atoms with Gasteiger partial charge in [-0.1, -0.05) is 41.6 Å². The highest BCUT2D eigenvalue weighted by Gasteiger charge is 2.50. The molecule has 2 fully saturated rings. The minimum absolute atomic E-state index is 0.210. The van der Waals surface area contributed by atoms with Gasteiger partial charge in [0, 0.05) is 17.6 Å². The highest BCUT2D eigenvalue weighted by Crippen LogP contribution is 2.48. The van der Waals surface area contributed by atoms with Gasteiger partial charge < -0.3 is 14.4 Å². The summed E-state index contributed by atoms with van der Waals surface area (Å²) < 4.78 is 7.85.